The summed E-state index contributed by atoms with van der Waals surface area (Å²) in [5.74, 6) is 0.376. The van der Waals surface area contributed by atoms with Gasteiger partial charge in [-0.15, -0.1) is 0 Å². The Labute approximate surface area is 153 Å². The lowest BCUT2D eigenvalue weighted by molar-refractivity contribution is 0.0679. The minimum absolute atomic E-state index is 0.149. The van der Waals surface area contributed by atoms with Gasteiger partial charge >= 0.3 is 0 Å². The molecule has 4 rings (SSSR count). The van der Waals surface area contributed by atoms with Crippen molar-refractivity contribution in [2.75, 3.05) is 19.8 Å². The minimum atomic E-state index is -0.457. The average molecular weight is 356 g/mol. The van der Waals surface area contributed by atoms with Crippen molar-refractivity contribution in [2.45, 2.75) is 32.4 Å². The number of carbonyl (C=O) groups is 1. The molecule has 138 valence electrons. The normalized spacial score (nSPS) is 19.9. The van der Waals surface area contributed by atoms with Crippen LogP contribution in [0.2, 0.25) is 0 Å². The zero-order valence-corrected chi connectivity index (χ0v) is 14.9. The maximum atomic E-state index is 14.1. The van der Waals surface area contributed by atoms with Crippen molar-refractivity contribution < 1.29 is 13.9 Å². The van der Waals surface area contributed by atoms with Gasteiger partial charge in [-0.1, -0.05) is 12.1 Å². The molecule has 4 nitrogen and oxygen atoms in total. The molecular weight excluding hydrogens is 331 g/mol. The molecule has 1 aliphatic heterocycles. The van der Waals surface area contributed by atoms with Crippen LogP contribution in [0, 0.1) is 17.7 Å². The minimum Gasteiger partial charge on any atom is -0.381 e. The third-order valence-corrected chi connectivity index (χ3v) is 5.32. The fourth-order valence-corrected chi connectivity index (χ4v) is 3.61. The topological polar surface area (TPSA) is 34.5 Å². The van der Waals surface area contributed by atoms with Crippen molar-refractivity contribution in [1.82, 2.24) is 9.47 Å². The number of rotatable bonds is 6. The second-order valence-corrected chi connectivity index (χ2v) is 7.49. The van der Waals surface area contributed by atoms with Crippen molar-refractivity contribution in [3.8, 4) is 0 Å². The van der Waals surface area contributed by atoms with Gasteiger partial charge in [0.2, 0.25) is 0 Å². The molecule has 2 heterocycles. The Kier molecular flexibility index (Phi) is 5.07. The third-order valence-electron chi connectivity index (χ3n) is 5.32. The first-order valence-electron chi connectivity index (χ1n) is 9.46. The van der Waals surface area contributed by atoms with Crippen molar-refractivity contribution in [3.63, 3.8) is 0 Å². The lowest BCUT2D eigenvalue weighted by Gasteiger charge is -2.24. The molecule has 0 radical (unpaired) electrons. The summed E-state index contributed by atoms with van der Waals surface area (Å²) in [6, 6.07) is 10.3. The van der Waals surface area contributed by atoms with Crippen LogP contribution in [0.15, 0.2) is 42.6 Å². The molecule has 26 heavy (non-hydrogen) atoms. The van der Waals surface area contributed by atoms with E-state index in [1.807, 2.05) is 12.1 Å². The predicted octanol–water partition coefficient (Wildman–Crippen LogP) is 3.72. The average Bonchev–Trinajstić information content (AvgIpc) is 3.40. The summed E-state index contributed by atoms with van der Waals surface area (Å²) in [4.78, 5) is 14.7. The van der Waals surface area contributed by atoms with Crippen molar-refractivity contribution in [2.24, 2.45) is 11.8 Å². The monoisotopic (exact) mass is 356 g/mol. The molecule has 1 aromatic carbocycles. The molecule has 2 aliphatic rings. The van der Waals surface area contributed by atoms with Gasteiger partial charge in [0.1, 0.15) is 5.82 Å². The molecule has 1 atom stereocenters. The number of halogens is 1. The van der Waals surface area contributed by atoms with Crippen LogP contribution in [-0.4, -0.2) is 35.1 Å². The van der Waals surface area contributed by atoms with E-state index >= 15 is 0 Å². The van der Waals surface area contributed by atoms with Gasteiger partial charge in [-0.2, -0.15) is 0 Å². The number of hydrogen-bond acceptors (Lipinski definition) is 2. The zero-order chi connectivity index (χ0) is 17.9. The van der Waals surface area contributed by atoms with E-state index in [9.17, 15) is 9.18 Å². The molecule has 0 bridgehead atoms. The number of benzene rings is 1. The smallest absolute Gasteiger partial charge is 0.257 e. The summed E-state index contributed by atoms with van der Waals surface area (Å²) in [7, 11) is 0. The molecule has 0 N–H and O–H groups in total. The van der Waals surface area contributed by atoms with Crippen LogP contribution < -0.4 is 0 Å². The number of fused-ring (bicyclic) bond motifs is 1. The van der Waals surface area contributed by atoms with Crippen molar-refractivity contribution >= 4 is 5.91 Å². The first kappa shape index (κ1) is 17.3. The maximum absolute atomic E-state index is 14.1. The largest absolute Gasteiger partial charge is 0.381 e. The third kappa shape index (κ3) is 3.98. The van der Waals surface area contributed by atoms with Gasteiger partial charge in [-0.25, -0.2) is 4.39 Å². The number of ether oxygens (including phenoxy) is 1. The van der Waals surface area contributed by atoms with Crippen LogP contribution >= 0.6 is 0 Å². The zero-order valence-electron chi connectivity index (χ0n) is 14.9. The summed E-state index contributed by atoms with van der Waals surface area (Å²) in [6.45, 7) is 3.59. The van der Waals surface area contributed by atoms with Gasteiger partial charge in [0.15, 0.2) is 0 Å². The van der Waals surface area contributed by atoms with Crippen LogP contribution in [0.25, 0.3) is 0 Å². The highest BCUT2D eigenvalue weighted by Gasteiger charge is 2.27. The molecule has 0 saturated heterocycles. The molecule has 1 saturated carbocycles. The second-order valence-electron chi connectivity index (χ2n) is 7.49. The highest BCUT2D eigenvalue weighted by atomic mass is 19.1. The van der Waals surface area contributed by atoms with E-state index in [1.165, 1.54) is 18.9 Å². The molecule has 5 heteroatoms. The molecule has 0 unspecified atom stereocenters. The summed E-state index contributed by atoms with van der Waals surface area (Å²) in [5.41, 5.74) is 1.24. The fraction of sp³-hybridized carbons (Fsp3) is 0.476. The Bertz CT molecular complexity index is 769. The molecule has 1 amide bonds. The van der Waals surface area contributed by atoms with Crippen LogP contribution in [0.5, 0.6) is 0 Å². The molecule has 2 aromatic rings. The van der Waals surface area contributed by atoms with E-state index < -0.39 is 5.82 Å². The number of nitrogens with zero attached hydrogens (tertiary/aromatic N) is 2. The first-order valence-corrected chi connectivity index (χ1v) is 9.46. The van der Waals surface area contributed by atoms with Gasteiger partial charge < -0.3 is 14.2 Å². The number of carbonyl (C=O) groups excluding carboxylic acids is 1. The number of aromatic nitrogens is 1. The molecule has 0 spiro atoms. The Balaban J connectivity index is 1.46. The van der Waals surface area contributed by atoms with Crippen molar-refractivity contribution in [1.29, 1.82) is 0 Å². The highest BCUT2D eigenvalue weighted by molar-refractivity contribution is 5.94. The van der Waals surface area contributed by atoms with Crippen molar-refractivity contribution in [3.05, 3.63) is 59.7 Å². The molecule has 1 aromatic heterocycles. The van der Waals surface area contributed by atoms with Gasteiger partial charge in [-0.3, -0.25) is 4.79 Å². The Morgan fingerprint density at radius 2 is 1.96 bits per heavy atom. The predicted molar refractivity (Wildman–Crippen MR) is 97.2 cm³/mol. The van der Waals surface area contributed by atoms with E-state index in [-0.39, 0.29) is 11.5 Å². The van der Waals surface area contributed by atoms with Crippen LogP contribution in [0.4, 0.5) is 4.39 Å². The Morgan fingerprint density at radius 1 is 1.12 bits per heavy atom. The van der Waals surface area contributed by atoms with Gasteiger partial charge in [0.05, 0.1) is 12.1 Å². The second kappa shape index (κ2) is 7.62. The standard InChI is InChI=1S/C21H25FN2O2/c22-20-6-2-1-5-19(20)21(25)24-13-17(9-11-26-15-16-7-8-16)12-23-10-3-4-18(23)14-24/h1-6,10,16-17H,7-9,11-15H2/t17-/m0/s1. The van der Waals surface area contributed by atoms with Crippen LogP contribution in [-0.2, 0) is 17.8 Å². The van der Waals surface area contributed by atoms with Crippen LogP contribution in [0.1, 0.15) is 35.3 Å². The summed E-state index contributed by atoms with van der Waals surface area (Å²) < 4.78 is 22.1. The SMILES string of the molecule is O=C(c1ccccc1F)N1Cc2cccn2C[C@H](CCOCC2CC2)C1. The van der Waals surface area contributed by atoms with E-state index in [0.717, 1.165) is 37.8 Å². The Hall–Kier alpha value is -2.14. The lowest BCUT2D eigenvalue weighted by atomic mass is 10.0. The lowest BCUT2D eigenvalue weighted by Crippen LogP contribution is -2.34. The van der Waals surface area contributed by atoms with Gasteiger partial charge in [0, 0.05) is 38.2 Å². The van der Waals surface area contributed by atoms with E-state index in [2.05, 4.69) is 10.8 Å². The maximum Gasteiger partial charge on any atom is 0.257 e. The van der Waals surface area contributed by atoms with E-state index in [1.54, 1.807) is 23.1 Å². The van der Waals surface area contributed by atoms with E-state index in [0.29, 0.717) is 19.0 Å². The number of hydrogen-bond donors (Lipinski definition) is 0. The summed E-state index contributed by atoms with van der Waals surface area (Å²) in [6.07, 6.45) is 5.55. The molecule has 1 fully saturated rings. The summed E-state index contributed by atoms with van der Waals surface area (Å²) in [5, 5.41) is 0. The molecule has 1 aliphatic carbocycles. The van der Waals surface area contributed by atoms with Gasteiger partial charge in [0.25, 0.3) is 5.91 Å². The number of amides is 1. The van der Waals surface area contributed by atoms with Crippen LogP contribution in [0.3, 0.4) is 0 Å². The fourth-order valence-electron chi connectivity index (χ4n) is 3.61. The Morgan fingerprint density at radius 3 is 2.77 bits per heavy atom. The highest BCUT2D eigenvalue weighted by Crippen LogP contribution is 2.29. The quantitative estimate of drug-likeness (QED) is 0.740. The van der Waals surface area contributed by atoms with E-state index in [4.69, 9.17) is 4.74 Å². The molecular formula is C21H25FN2O2. The summed E-state index contributed by atoms with van der Waals surface area (Å²) >= 11 is 0. The first-order chi connectivity index (χ1) is 12.7. The van der Waals surface area contributed by atoms with Gasteiger partial charge in [-0.05, 0) is 55.4 Å².